The van der Waals surface area contributed by atoms with Crippen molar-refractivity contribution < 1.29 is 14.3 Å². The minimum atomic E-state index is -0.268. The van der Waals surface area contributed by atoms with E-state index in [1.54, 1.807) is 11.8 Å². The molecule has 0 N–H and O–H groups in total. The fourth-order valence-electron chi connectivity index (χ4n) is 2.39. The molecular weight excluding hydrogens is 315 g/mol. The van der Waals surface area contributed by atoms with Crippen molar-refractivity contribution >= 4 is 35.1 Å². The van der Waals surface area contributed by atoms with E-state index in [1.165, 1.54) is 12.1 Å². The zero-order valence-electron chi connectivity index (χ0n) is 11.6. The molecule has 0 bridgehead atoms. The lowest BCUT2D eigenvalue weighted by Gasteiger charge is -2.31. The van der Waals surface area contributed by atoms with Crippen molar-refractivity contribution in [3.63, 3.8) is 0 Å². The zero-order chi connectivity index (χ0) is 15.4. The predicted molar refractivity (Wildman–Crippen MR) is 79.5 cm³/mol. The van der Waals surface area contributed by atoms with Crippen LogP contribution in [-0.2, 0) is 9.53 Å². The first-order valence-electron chi connectivity index (χ1n) is 6.80. The number of rotatable bonds is 3. The summed E-state index contributed by atoms with van der Waals surface area (Å²) in [6.45, 7) is 3.07. The van der Waals surface area contributed by atoms with Crippen molar-refractivity contribution in [3.05, 3.63) is 28.0 Å². The molecule has 1 fully saturated rings. The van der Waals surface area contributed by atoms with E-state index < -0.39 is 0 Å². The molecule has 1 atom stereocenters. The summed E-state index contributed by atoms with van der Waals surface area (Å²) in [6, 6.07) is 2.95. The van der Waals surface area contributed by atoms with Gasteiger partial charge in [-0.1, -0.05) is 23.2 Å². The summed E-state index contributed by atoms with van der Waals surface area (Å²) in [6.07, 6.45) is 1.50. The molecule has 0 saturated carbocycles. The number of halogens is 2. The van der Waals surface area contributed by atoms with Crippen LogP contribution in [-0.4, -0.2) is 41.5 Å². The Kier molecular flexibility index (Phi) is 5.42. The molecule has 21 heavy (non-hydrogen) atoms. The molecule has 114 valence electrons. The van der Waals surface area contributed by atoms with Crippen molar-refractivity contribution in [3.8, 4) is 0 Å². The van der Waals surface area contributed by atoms with Crippen LogP contribution in [0.3, 0.4) is 0 Å². The van der Waals surface area contributed by atoms with Crippen molar-refractivity contribution in [1.29, 1.82) is 0 Å². The van der Waals surface area contributed by atoms with Crippen LogP contribution in [0.2, 0.25) is 10.3 Å². The highest BCUT2D eigenvalue weighted by atomic mass is 35.5. The van der Waals surface area contributed by atoms with Gasteiger partial charge in [0.25, 0.3) is 5.91 Å². The Hall–Kier alpha value is -1.33. The van der Waals surface area contributed by atoms with Crippen LogP contribution in [0.15, 0.2) is 12.1 Å². The van der Waals surface area contributed by atoms with E-state index in [0.717, 1.165) is 12.8 Å². The molecule has 0 aliphatic carbocycles. The topological polar surface area (TPSA) is 59.5 Å². The van der Waals surface area contributed by atoms with Gasteiger partial charge in [0.15, 0.2) is 0 Å². The third-order valence-electron chi connectivity index (χ3n) is 3.34. The minimum Gasteiger partial charge on any atom is -0.466 e. The largest absolute Gasteiger partial charge is 0.466 e. The first-order valence-corrected chi connectivity index (χ1v) is 7.56. The third kappa shape index (κ3) is 4.08. The minimum absolute atomic E-state index is 0.171. The Morgan fingerprint density at radius 2 is 2.05 bits per heavy atom. The highest BCUT2D eigenvalue weighted by molar-refractivity contribution is 6.33. The molecular formula is C14H16Cl2N2O3. The normalized spacial score (nSPS) is 18.4. The van der Waals surface area contributed by atoms with Gasteiger partial charge in [-0.15, -0.1) is 0 Å². The molecule has 5 nitrogen and oxygen atoms in total. The maximum absolute atomic E-state index is 12.5. The fourth-order valence-corrected chi connectivity index (χ4v) is 2.85. The summed E-state index contributed by atoms with van der Waals surface area (Å²) in [4.78, 5) is 29.7. The molecule has 2 heterocycles. The quantitative estimate of drug-likeness (QED) is 0.631. The van der Waals surface area contributed by atoms with E-state index in [2.05, 4.69) is 4.98 Å². The molecule has 1 aromatic heterocycles. The van der Waals surface area contributed by atoms with Crippen LogP contribution >= 0.6 is 23.2 Å². The lowest BCUT2D eigenvalue weighted by molar-refractivity contribution is -0.149. The van der Waals surface area contributed by atoms with Crippen LogP contribution in [0.5, 0.6) is 0 Å². The van der Waals surface area contributed by atoms with Gasteiger partial charge in [0.05, 0.1) is 12.5 Å². The number of esters is 1. The first-order chi connectivity index (χ1) is 10.0. The molecule has 1 saturated heterocycles. The van der Waals surface area contributed by atoms with Crippen LogP contribution < -0.4 is 0 Å². The van der Waals surface area contributed by atoms with Gasteiger partial charge in [0.2, 0.25) is 0 Å². The SMILES string of the molecule is CCOC(=O)[C@@H]1CCCN(C(=O)c2cc(Cl)nc(Cl)c2)C1. The number of hydrogen-bond donors (Lipinski definition) is 0. The second kappa shape index (κ2) is 7.09. The summed E-state index contributed by atoms with van der Waals surface area (Å²) >= 11 is 11.6. The standard InChI is InChI=1S/C14H16Cl2N2O3/c1-2-21-14(20)9-4-3-5-18(8-9)13(19)10-6-11(15)17-12(16)7-10/h6-7,9H,2-5,8H2,1H3/t9-/m1/s1. The van der Waals surface area contributed by atoms with Crippen LogP contribution in [0.1, 0.15) is 30.1 Å². The highest BCUT2D eigenvalue weighted by Gasteiger charge is 2.30. The van der Waals surface area contributed by atoms with Gasteiger partial charge in [-0.05, 0) is 31.9 Å². The Bertz CT molecular complexity index is 531. The third-order valence-corrected chi connectivity index (χ3v) is 3.73. The van der Waals surface area contributed by atoms with E-state index in [-0.39, 0.29) is 28.1 Å². The second-order valence-corrected chi connectivity index (χ2v) is 5.62. The molecule has 1 aliphatic rings. The summed E-state index contributed by atoms with van der Waals surface area (Å²) < 4.78 is 5.02. The van der Waals surface area contributed by atoms with E-state index >= 15 is 0 Å². The maximum Gasteiger partial charge on any atom is 0.310 e. The number of pyridine rings is 1. The molecule has 0 spiro atoms. The van der Waals surface area contributed by atoms with E-state index in [1.807, 2.05) is 0 Å². The number of ether oxygens (including phenoxy) is 1. The summed E-state index contributed by atoms with van der Waals surface area (Å²) in [5.74, 6) is -0.716. The van der Waals surface area contributed by atoms with Gasteiger partial charge < -0.3 is 9.64 Å². The second-order valence-electron chi connectivity index (χ2n) is 4.84. The average Bonchev–Trinajstić information content (AvgIpc) is 2.46. The molecule has 1 aromatic rings. The van der Waals surface area contributed by atoms with Gasteiger partial charge in [-0.3, -0.25) is 9.59 Å². The Morgan fingerprint density at radius 1 is 1.38 bits per heavy atom. The van der Waals surface area contributed by atoms with Crippen molar-refractivity contribution in [2.24, 2.45) is 5.92 Å². The molecule has 7 heteroatoms. The first kappa shape index (κ1) is 16.0. The lowest BCUT2D eigenvalue weighted by atomic mass is 9.97. The molecule has 1 aliphatic heterocycles. The molecule has 0 aromatic carbocycles. The molecule has 1 amide bonds. The number of aromatic nitrogens is 1. The van der Waals surface area contributed by atoms with E-state index in [9.17, 15) is 9.59 Å². The fraction of sp³-hybridized carbons (Fsp3) is 0.500. The molecule has 2 rings (SSSR count). The Labute approximate surface area is 133 Å². The number of carbonyl (C=O) groups is 2. The lowest BCUT2D eigenvalue weighted by Crippen LogP contribution is -2.42. The van der Waals surface area contributed by atoms with Crippen LogP contribution in [0.25, 0.3) is 0 Å². The molecule has 0 unspecified atom stereocenters. The van der Waals surface area contributed by atoms with Crippen LogP contribution in [0.4, 0.5) is 0 Å². The Morgan fingerprint density at radius 3 is 2.67 bits per heavy atom. The van der Waals surface area contributed by atoms with E-state index in [4.69, 9.17) is 27.9 Å². The average molecular weight is 331 g/mol. The summed E-state index contributed by atoms with van der Waals surface area (Å²) in [5.41, 5.74) is 0.379. The van der Waals surface area contributed by atoms with Crippen molar-refractivity contribution in [2.45, 2.75) is 19.8 Å². The van der Waals surface area contributed by atoms with Gasteiger partial charge in [0.1, 0.15) is 10.3 Å². The Balaban J connectivity index is 2.10. The number of amides is 1. The van der Waals surface area contributed by atoms with Crippen LogP contribution in [0, 0.1) is 5.92 Å². The number of nitrogens with zero attached hydrogens (tertiary/aromatic N) is 2. The van der Waals surface area contributed by atoms with Gasteiger partial charge in [-0.2, -0.15) is 0 Å². The maximum atomic E-state index is 12.5. The zero-order valence-corrected chi connectivity index (χ0v) is 13.2. The monoisotopic (exact) mass is 330 g/mol. The number of carbonyl (C=O) groups excluding carboxylic acids is 2. The van der Waals surface area contributed by atoms with Gasteiger partial charge in [-0.25, -0.2) is 4.98 Å². The highest BCUT2D eigenvalue weighted by Crippen LogP contribution is 2.22. The number of hydrogen-bond acceptors (Lipinski definition) is 4. The number of likely N-dealkylation sites (tertiary alicyclic amines) is 1. The summed E-state index contributed by atoms with van der Waals surface area (Å²) in [5, 5.41) is 0.342. The van der Waals surface area contributed by atoms with Crippen molar-refractivity contribution in [1.82, 2.24) is 9.88 Å². The van der Waals surface area contributed by atoms with Crippen molar-refractivity contribution in [2.75, 3.05) is 19.7 Å². The number of piperidine rings is 1. The van der Waals surface area contributed by atoms with Gasteiger partial charge >= 0.3 is 5.97 Å². The van der Waals surface area contributed by atoms with Gasteiger partial charge in [0, 0.05) is 18.7 Å². The van der Waals surface area contributed by atoms with E-state index in [0.29, 0.717) is 25.3 Å². The predicted octanol–water partition coefficient (Wildman–Crippen LogP) is 2.80. The smallest absolute Gasteiger partial charge is 0.310 e. The summed E-state index contributed by atoms with van der Waals surface area (Å²) in [7, 11) is 0. The molecule has 0 radical (unpaired) electrons.